The average molecular weight is 192 g/mol. The summed E-state index contributed by atoms with van der Waals surface area (Å²) >= 11 is 0. The molecule has 0 saturated heterocycles. The molecule has 0 aliphatic carbocycles. The Kier molecular flexibility index (Phi) is 7.33. The fraction of sp³-hybridized carbons (Fsp3) is 0.875. The molecule has 0 rings (SSSR count). The Balaban J connectivity index is 3.19. The maximum atomic E-state index is 9.96. The smallest absolute Gasteiger partial charge is 0.450 e. The van der Waals surface area contributed by atoms with E-state index in [2.05, 4.69) is 4.74 Å². The molecule has 0 aliphatic heterocycles. The SMILES string of the molecule is COCCOC(C)CCOC(=O)O. The fourth-order valence-corrected chi connectivity index (χ4v) is 0.728. The van der Waals surface area contributed by atoms with E-state index < -0.39 is 6.16 Å². The van der Waals surface area contributed by atoms with Crippen molar-refractivity contribution in [2.45, 2.75) is 19.4 Å². The van der Waals surface area contributed by atoms with Crippen LogP contribution in [0.25, 0.3) is 0 Å². The number of rotatable bonds is 7. The molecule has 0 amide bonds. The Morgan fingerprint density at radius 1 is 1.38 bits per heavy atom. The van der Waals surface area contributed by atoms with Crippen molar-refractivity contribution in [3.63, 3.8) is 0 Å². The summed E-state index contributed by atoms with van der Waals surface area (Å²) in [6.07, 6.45) is -0.686. The molecule has 0 bridgehead atoms. The third-order valence-corrected chi connectivity index (χ3v) is 1.44. The molecule has 0 fully saturated rings. The van der Waals surface area contributed by atoms with E-state index in [4.69, 9.17) is 14.6 Å². The Bertz CT molecular complexity index is 136. The highest BCUT2D eigenvalue weighted by Crippen LogP contribution is 1.97. The zero-order valence-electron chi connectivity index (χ0n) is 7.99. The van der Waals surface area contributed by atoms with E-state index in [0.29, 0.717) is 19.6 Å². The lowest BCUT2D eigenvalue weighted by Crippen LogP contribution is -2.15. The highest BCUT2D eigenvalue weighted by molar-refractivity contribution is 5.56. The monoisotopic (exact) mass is 192 g/mol. The van der Waals surface area contributed by atoms with Gasteiger partial charge < -0.3 is 19.3 Å². The highest BCUT2D eigenvalue weighted by Gasteiger charge is 2.03. The second-order valence-electron chi connectivity index (χ2n) is 2.58. The lowest BCUT2D eigenvalue weighted by Gasteiger charge is -2.11. The van der Waals surface area contributed by atoms with Gasteiger partial charge in [-0.25, -0.2) is 4.79 Å². The zero-order chi connectivity index (χ0) is 10.1. The first-order chi connectivity index (χ1) is 6.16. The van der Waals surface area contributed by atoms with Gasteiger partial charge in [0.2, 0.25) is 0 Å². The minimum Gasteiger partial charge on any atom is -0.450 e. The molecule has 0 spiro atoms. The molecule has 0 saturated carbocycles. The molecule has 1 N–H and O–H groups in total. The molecule has 13 heavy (non-hydrogen) atoms. The third-order valence-electron chi connectivity index (χ3n) is 1.44. The first-order valence-corrected chi connectivity index (χ1v) is 4.13. The normalized spacial score (nSPS) is 12.5. The van der Waals surface area contributed by atoms with Gasteiger partial charge in [-0.2, -0.15) is 0 Å². The summed E-state index contributed by atoms with van der Waals surface area (Å²) in [5.74, 6) is 0. The van der Waals surface area contributed by atoms with Crippen molar-refractivity contribution in [1.29, 1.82) is 0 Å². The second kappa shape index (κ2) is 7.82. The van der Waals surface area contributed by atoms with Gasteiger partial charge in [-0.05, 0) is 6.92 Å². The molecular formula is C8H16O5. The van der Waals surface area contributed by atoms with Crippen LogP contribution in [0, 0.1) is 0 Å². The van der Waals surface area contributed by atoms with Gasteiger partial charge in [0.05, 0.1) is 25.9 Å². The van der Waals surface area contributed by atoms with Crippen molar-refractivity contribution in [3.05, 3.63) is 0 Å². The van der Waals surface area contributed by atoms with Gasteiger partial charge in [0.15, 0.2) is 0 Å². The first-order valence-electron chi connectivity index (χ1n) is 4.13. The van der Waals surface area contributed by atoms with E-state index >= 15 is 0 Å². The number of carbonyl (C=O) groups is 1. The number of carboxylic acid groups (broad SMARTS) is 1. The predicted octanol–water partition coefficient (Wildman–Crippen LogP) is 1.12. The van der Waals surface area contributed by atoms with Gasteiger partial charge in [0.1, 0.15) is 0 Å². The van der Waals surface area contributed by atoms with E-state index in [0.717, 1.165) is 0 Å². The molecule has 0 aromatic heterocycles. The van der Waals surface area contributed by atoms with E-state index in [1.54, 1.807) is 7.11 Å². The van der Waals surface area contributed by atoms with Crippen LogP contribution in [0.4, 0.5) is 4.79 Å². The van der Waals surface area contributed by atoms with Crippen LogP contribution in [0.5, 0.6) is 0 Å². The molecule has 5 heteroatoms. The molecular weight excluding hydrogens is 176 g/mol. The Morgan fingerprint density at radius 2 is 2.08 bits per heavy atom. The molecule has 78 valence electrons. The highest BCUT2D eigenvalue weighted by atomic mass is 16.7. The van der Waals surface area contributed by atoms with Gasteiger partial charge in [-0.3, -0.25) is 0 Å². The average Bonchev–Trinajstić information content (AvgIpc) is 2.04. The summed E-state index contributed by atoms with van der Waals surface area (Å²) in [5, 5.41) is 8.16. The molecule has 0 aromatic carbocycles. The minimum atomic E-state index is -1.25. The van der Waals surface area contributed by atoms with Crippen LogP contribution >= 0.6 is 0 Å². The van der Waals surface area contributed by atoms with E-state index in [-0.39, 0.29) is 12.7 Å². The standard InChI is InChI=1S/C8H16O5/c1-7(12-6-5-11-2)3-4-13-8(9)10/h7H,3-6H2,1-2H3,(H,9,10). The van der Waals surface area contributed by atoms with Gasteiger partial charge in [0.25, 0.3) is 0 Å². The summed E-state index contributed by atoms with van der Waals surface area (Å²) in [5.41, 5.74) is 0. The van der Waals surface area contributed by atoms with E-state index in [1.165, 1.54) is 0 Å². The quantitative estimate of drug-likeness (QED) is 0.483. The maximum Gasteiger partial charge on any atom is 0.505 e. The molecule has 1 atom stereocenters. The van der Waals surface area contributed by atoms with Crippen molar-refractivity contribution >= 4 is 6.16 Å². The Labute approximate surface area is 77.6 Å². The van der Waals surface area contributed by atoms with Crippen LogP contribution in [0.3, 0.4) is 0 Å². The largest absolute Gasteiger partial charge is 0.505 e. The zero-order valence-corrected chi connectivity index (χ0v) is 7.99. The summed E-state index contributed by atoms with van der Waals surface area (Å²) in [6.45, 7) is 3.10. The topological polar surface area (TPSA) is 65.0 Å². The van der Waals surface area contributed by atoms with E-state index in [1.807, 2.05) is 6.92 Å². The Hall–Kier alpha value is -0.810. The lowest BCUT2D eigenvalue weighted by atomic mass is 10.3. The van der Waals surface area contributed by atoms with Crippen LogP contribution in [0.15, 0.2) is 0 Å². The molecule has 0 radical (unpaired) electrons. The molecule has 5 nitrogen and oxygen atoms in total. The second-order valence-corrected chi connectivity index (χ2v) is 2.58. The van der Waals surface area contributed by atoms with E-state index in [9.17, 15) is 4.79 Å². The van der Waals surface area contributed by atoms with Crippen molar-refractivity contribution in [2.24, 2.45) is 0 Å². The van der Waals surface area contributed by atoms with Gasteiger partial charge in [-0.1, -0.05) is 0 Å². The van der Waals surface area contributed by atoms with Crippen molar-refractivity contribution in [2.75, 3.05) is 26.9 Å². The predicted molar refractivity (Wildman–Crippen MR) is 45.9 cm³/mol. The molecule has 0 aromatic rings. The van der Waals surface area contributed by atoms with Crippen molar-refractivity contribution < 1.29 is 24.1 Å². The van der Waals surface area contributed by atoms with Crippen LogP contribution in [-0.2, 0) is 14.2 Å². The number of ether oxygens (including phenoxy) is 3. The molecule has 0 heterocycles. The number of hydrogen-bond acceptors (Lipinski definition) is 4. The number of methoxy groups -OCH3 is 1. The number of hydrogen-bond donors (Lipinski definition) is 1. The molecule has 0 aliphatic rings. The summed E-state index contributed by atoms with van der Waals surface area (Å²) < 4.78 is 14.4. The van der Waals surface area contributed by atoms with Crippen LogP contribution in [-0.4, -0.2) is 44.3 Å². The van der Waals surface area contributed by atoms with Gasteiger partial charge >= 0.3 is 6.16 Å². The maximum absolute atomic E-state index is 9.96. The van der Waals surface area contributed by atoms with Crippen LogP contribution in [0.1, 0.15) is 13.3 Å². The fourth-order valence-electron chi connectivity index (χ4n) is 0.728. The summed E-state index contributed by atoms with van der Waals surface area (Å²) in [4.78, 5) is 9.96. The van der Waals surface area contributed by atoms with Crippen LogP contribution < -0.4 is 0 Å². The van der Waals surface area contributed by atoms with Gasteiger partial charge in [-0.15, -0.1) is 0 Å². The van der Waals surface area contributed by atoms with Gasteiger partial charge in [0, 0.05) is 13.5 Å². The van der Waals surface area contributed by atoms with Crippen LogP contribution in [0.2, 0.25) is 0 Å². The first kappa shape index (κ1) is 12.2. The summed E-state index contributed by atoms with van der Waals surface area (Å²) in [7, 11) is 1.60. The Morgan fingerprint density at radius 3 is 2.62 bits per heavy atom. The van der Waals surface area contributed by atoms with Crippen molar-refractivity contribution in [1.82, 2.24) is 0 Å². The minimum absolute atomic E-state index is 0.00509. The van der Waals surface area contributed by atoms with Crippen molar-refractivity contribution in [3.8, 4) is 0 Å². The third kappa shape index (κ3) is 9.10. The lowest BCUT2D eigenvalue weighted by molar-refractivity contribution is 0.00909. The molecule has 1 unspecified atom stereocenters. The summed E-state index contributed by atoms with van der Waals surface area (Å²) in [6, 6.07) is 0.